The van der Waals surface area contributed by atoms with Crippen LogP contribution in [0.1, 0.15) is 13.3 Å². The van der Waals surface area contributed by atoms with E-state index >= 15 is 0 Å². The van der Waals surface area contributed by atoms with Crippen LogP contribution in [0.2, 0.25) is 19.6 Å². The van der Waals surface area contributed by atoms with Crippen molar-refractivity contribution >= 4 is 14.3 Å². The van der Waals surface area contributed by atoms with Gasteiger partial charge in [-0.2, -0.15) is 0 Å². The molecule has 1 heterocycles. The Hall–Kier alpha value is -0.353. The van der Waals surface area contributed by atoms with Gasteiger partial charge in [-0.1, -0.05) is 0 Å². The average Bonchev–Trinajstić information content (AvgIpc) is 2.06. The van der Waals surface area contributed by atoms with E-state index in [1.165, 1.54) is 0 Å². The molecule has 0 aromatic carbocycles. The van der Waals surface area contributed by atoms with Crippen LogP contribution in [0.5, 0.6) is 0 Å². The first-order valence-corrected chi connectivity index (χ1v) is 7.67. The summed E-state index contributed by atoms with van der Waals surface area (Å²) in [6.07, 6.45) is 0.439. The number of rotatable bonds is 2. The van der Waals surface area contributed by atoms with Gasteiger partial charge in [0.25, 0.3) is 0 Å². The van der Waals surface area contributed by atoms with Gasteiger partial charge < -0.3 is 9.16 Å². The Kier molecular flexibility index (Phi) is 2.58. The van der Waals surface area contributed by atoms with Crippen molar-refractivity contribution in [2.24, 2.45) is 0 Å². The van der Waals surface area contributed by atoms with E-state index in [0.717, 1.165) is 0 Å². The van der Waals surface area contributed by atoms with Crippen LogP contribution >= 0.6 is 0 Å². The van der Waals surface area contributed by atoms with Gasteiger partial charge in [-0.25, -0.2) is 4.79 Å². The van der Waals surface area contributed by atoms with E-state index in [1.54, 1.807) is 0 Å². The quantitative estimate of drug-likeness (QED) is 0.487. The summed E-state index contributed by atoms with van der Waals surface area (Å²) >= 11 is 0. The first-order valence-electron chi connectivity index (χ1n) is 4.27. The molecule has 0 spiro atoms. The molecule has 1 aliphatic heterocycles. The molecule has 70 valence electrons. The highest BCUT2D eigenvalue weighted by molar-refractivity contribution is 6.69. The van der Waals surface area contributed by atoms with E-state index < -0.39 is 8.32 Å². The summed E-state index contributed by atoms with van der Waals surface area (Å²) in [6.45, 7) is 8.11. The zero-order chi connectivity index (χ0) is 9.35. The Labute approximate surface area is 74.2 Å². The van der Waals surface area contributed by atoms with Crippen molar-refractivity contribution in [3.05, 3.63) is 0 Å². The average molecular weight is 188 g/mol. The number of cyclic esters (lactones) is 1. The SMILES string of the molecule is C[C@@H]1C[C@@H](O[Si](C)(C)C)C(=O)O1. The molecule has 1 rings (SSSR count). The molecule has 4 heteroatoms. The van der Waals surface area contributed by atoms with Crippen molar-refractivity contribution < 1.29 is 14.0 Å². The number of carbonyl (C=O) groups excluding carboxylic acids is 1. The molecule has 0 saturated carbocycles. The predicted octanol–water partition coefficient (Wildman–Crippen LogP) is 1.54. The lowest BCUT2D eigenvalue weighted by Gasteiger charge is -2.20. The minimum atomic E-state index is -1.59. The third-order valence-corrected chi connectivity index (χ3v) is 2.61. The maximum Gasteiger partial charge on any atom is 0.334 e. The summed E-state index contributed by atoms with van der Waals surface area (Å²) in [5, 5.41) is 0. The highest BCUT2D eigenvalue weighted by atomic mass is 28.4. The van der Waals surface area contributed by atoms with E-state index in [2.05, 4.69) is 19.6 Å². The summed E-state index contributed by atoms with van der Waals surface area (Å²) in [7, 11) is -1.59. The van der Waals surface area contributed by atoms with E-state index in [4.69, 9.17) is 9.16 Å². The van der Waals surface area contributed by atoms with Gasteiger partial charge in [-0.3, -0.25) is 0 Å². The Bertz CT molecular complexity index is 185. The van der Waals surface area contributed by atoms with Gasteiger partial charge in [-0.15, -0.1) is 0 Å². The summed E-state index contributed by atoms with van der Waals surface area (Å²) in [5.41, 5.74) is 0. The molecule has 0 amide bonds. The van der Waals surface area contributed by atoms with Crippen LogP contribution in [-0.4, -0.2) is 26.5 Å². The molecule has 0 unspecified atom stereocenters. The Morgan fingerprint density at radius 3 is 2.42 bits per heavy atom. The molecule has 1 saturated heterocycles. The van der Waals surface area contributed by atoms with Crippen LogP contribution < -0.4 is 0 Å². The Morgan fingerprint density at radius 1 is 1.50 bits per heavy atom. The van der Waals surface area contributed by atoms with E-state index in [0.29, 0.717) is 6.42 Å². The summed E-state index contributed by atoms with van der Waals surface area (Å²) < 4.78 is 10.6. The van der Waals surface area contributed by atoms with Gasteiger partial charge in [-0.05, 0) is 26.6 Å². The second-order valence-corrected chi connectivity index (χ2v) is 8.66. The Balaban J connectivity index is 2.49. The lowest BCUT2D eigenvalue weighted by Crippen LogP contribution is -2.34. The van der Waals surface area contributed by atoms with Gasteiger partial charge in [0.2, 0.25) is 0 Å². The lowest BCUT2D eigenvalue weighted by atomic mass is 10.2. The lowest BCUT2D eigenvalue weighted by molar-refractivity contribution is -0.146. The minimum Gasteiger partial charge on any atom is -0.461 e. The molecule has 0 aliphatic carbocycles. The molecular weight excluding hydrogens is 172 g/mol. The topological polar surface area (TPSA) is 35.5 Å². The van der Waals surface area contributed by atoms with Crippen molar-refractivity contribution in [3.63, 3.8) is 0 Å². The number of hydrogen-bond acceptors (Lipinski definition) is 3. The standard InChI is InChI=1S/C8H16O3Si/c1-6-5-7(8(9)10-6)11-12(2,3)4/h6-7H,5H2,1-4H3/t6-,7-/m1/s1. The number of esters is 1. The van der Waals surface area contributed by atoms with Crippen molar-refractivity contribution in [1.82, 2.24) is 0 Å². The smallest absolute Gasteiger partial charge is 0.334 e. The van der Waals surface area contributed by atoms with E-state index in [1.807, 2.05) is 6.92 Å². The van der Waals surface area contributed by atoms with Crippen LogP contribution in [-0.2, 0) is 14.0 Å². The van der Waals surface area contributed by atoms with Crippen molar-refractivity contribution in [1.29, 1.82) is 0 Å². The fourth-order valence-electron chi connectivity index (χ4n) is 1.24. The van der Waals surface area contributed by atoms with Gasteiger partial charge in [0.1, 0.15) is 12.2 Å². The number of ether oxygens (including phenoxy) is 1. The molecule has 2 atom stereocenters. The third-order valence-electron chi connectivity index (χ3n) is 1.62. The zero-order valence-corrected chi connectivity index (χ0v) is 9.09. The van der Waals surface area contributed by atoms with Crippen LogP contribution in [0.15, 0.2) is 0 Å². The van der Waals surface area contributed by atoms with Gasteiger partial charge in [0.15, 0.2) is 8.32 Å². The first-order chi connectivity index (χ1) is 5.38. The van der Waals surface area contributed by atoms with Crippen LogP contribution in [0, 0.1) is 0 Å². The van der Waals surface area contributed by atoms with Crippen molar-refractivity contribution in [2.45, 2.75) is 45.2 Å². The molecular formula is C8H16O3Si. The predicted molar refractivity (Wildman–Crippen MR) is 48.4 cm³/mol. The van der Waals surface area contributed by atoms with E-state index in [9.17, 15) is 4.79 Å². The monoisotopic (exact) mass is 188 g/mol. The zero-order valence-electron chi connectivity index (χ0n) is 8.09. The summed E-state index contributed by atoms with van der Waals surface area (Å²) in [5.74, 6) is -0.190. The molecule has 1 aliphatic rings. The van der Waals surface area contributed by atoms with Crippen LogP contribution in [0.4, 0.5) is 0 Å². The maximum atomic E-state index is 11.1. The summed E-state index contributed by atoms with van der Waals surface area (Å²) in [4.78, 5) is 11.1. The molecule has 3 nitrogen and oxygen atoms in total. The normalized spacial score (nSPS) is 30.5. The van der Waals surface area contributed by atoms with Crippen LogP contribution in [0.25, 0.3) is 0 Å². The maximum absolute atomic E-state index is 11.1. The second kappa shape index (κ2) is 3.18. The molecule has 0 radical (unpaired) electrons. The molecule has 0 aromatic rings. The highest BCUT2D eigenvalue weighted by Crippen LogP contribution is 2.20. The molecule has 0 N–H and O–H groups in total. The van der Waals surface area contributed by atoms with E-state index in [-0.39, 0.29) is 18.2 Å². The van der Waals surface area contributed by atoms with Crippen LogP contribution in [0.3, 0.4) is 0 Å². The molecule has 12 heavy (non-hydrogen) atoms. The van der Waals surface area contributed by atoms with Crippen molar-refractivity contribution in [2.75, 3.05) is 0 Å². The third kappa shape index (κ3) is 2.60. The molecule has 0 bridgehead atoms. The fraction of sp³-hybridized carbons (Fsp3) is 0.875. The fourth-order valence-corrected chi connectivity index (χ4v) is 2.29. The number of carbonyl (C=O) groups is 1. The minimum absolute atomic E-state index is 0.0267. The summed E-state index contributed by atoms with van der Waals surface area (Å²) in [6, 6.07) is 0. The number of hydrogen-bond donors (Lipinski definition) is 0. The first kappa shape index (κ1) is 9.73. The van der Waals surface area contributed by atoms with Gasteiger partial charge in [0, 0.05) is 6.42 Å². The highest BCUT2D eigenvalue weighted by Gasteiger charge is 2.35. The van der Waals surface area contributed by atoms with Crippen molar-refractivity contribution in [3.8, 4) is 0 Å². The van der Waals surface area contributed by atoms with Gasteiger partial charge >= 0.3 is 5.97 Å². The molecule has 0 aromatic heterocycles. The Morgan fingerprint density at radius 2 is 2.08 bits per heavy atom. The van der Waals surface area contributed by atoms with Gasteiger partial charge in [0.05, 0.1) is 0 Å². The second-order valence-electron chi connectivity index (χ2n) is 4.20. The largest absolute Gasteiger partial charge is 0.461 e. The molecule has 1 fully saturated rings.